The minimum absolute atomic E-state index is 0.0836. The van der Waals surface area contributed by atoms with E-state index in [1.165, 1.54) is 18.2 Å². The summed E-state index contributed by atoms with van der Waals surface area (Å²) in [4.78, 5) is 15.3. The van der Waals surface area contributed by atoms with Gasteiger partial charge in [-0.15, -0.1) is 0 Å². The topological polar surface area (TPSA) is 51.9 Å². The van der Waals surface area contributed by atoms with E-state index in [0.29, 0.717) is 35.3 Å². The van der Waals surface area contributed by atoms with Crippen LogP contribution in [-0.2, 0) is 19.1 Å². The summed E-state index contributed by atoms with van der Waals surface area (Å²) in [6, 6.07) is 16.9. The van der Waals surface area contributed by atoms with E-state index in [0.717, 1.165) is 11.3 Å². The third-order valence-corrected chi connectivity index (χ3v) is 6.70. The first-order chi connectivity index (χ1) is 17.2. The van der Waals surface area contributed by atoms with E-state index in [2.05, 4.69) is 15.9 Å². The van der Waals surface area contributed by atoms with E-state index in [-0.39, 0.29) is 23.3 Å². The van der Waals surface area contributed by atoms with E-state index < -0.39 is 22.9 Å². The van der Waals surface area contributed by atoms with Gasteiger partial charge in [-0.3, -0.25) is 9.69 Å². The van der Waals surface area contributed by atoms with Gasteiger partial charge >= 0.3 is 6.18 Å². The summed E-state index contributed by atoms with van der Waals surface area (Å²) >= 11 is 3.27. The Morgan fingerprint density at radius 1 is 1.03 bits per heavy atom. The third-order valence-electron chi connectivity index (χ3n) is 6.17. The highest BCUT2D eigenvalue weighted by Gasteiger charge is 2.40. The molecule has 5 nitrogen and oxygen atoms in total. The van der Waals surface area contributed by atoms with E-state index >= 15 is 0 Å². The van der Waals surface area contributed by atoms with Gasteiger partial charge in [-0.25, -0.2) is 0 Å². The summed E-state index contributed by atoms with van der Waals surface area (Å²) in [5.41, 5.74) is 0.318. The Bertz CT molecular complexity index is 1460. The first-order valence-electron chi connectivity index (χ1n) is 11.2. The highest BCUT2D eigenvalue weighted by atomic mass is 79.9. The lowest BCUT2D eigenvalue weighted by atomic mass is 10.00. The zero-order valence-electron chi connectivity index (χ0n) is 19.2. The molecular formula is C27H21BrF3NO4. The molecule has 2 heterocycles. The molecule has 0 spiro atoms. The number of halogens is 4. The lowest BCUT2D eigenvalue weighted by Gasteiger charge is -2.29. The zero-order valence-corrected chi connectivity index (χ0v) is 20.8. The fourth-order valence-electron chi connectivity index (χ4n) is 4.31. The molecule has 0 aliphatic carbocycles. The molecule has 0 bridgehead atoms. The summed E-state index contributed by atoms with van der Waals surface area (Å²) in [5, 5.41) is 0.0836. The fraction of sp³-hybridized carbons (Fsp3) is 0.222. The number of benzene rings is 3. The standard InChI is InChI=1S/C27H21BrF3NO4/c1-34-19-8-2-16(3-9-19)12-13-32-14-21-22(35-15-32)11-10-20-24(33)23(17-4-6-18(28)7-5-17)26(27(29,30)31)36-25(20)21/h2-11H,12-15H2,1H3. The highest BCUT2D eigenvalue weighted by molar-refractivity contribution is 9.10. The smallest absolute Gasteiger partial charge is 0.450 e. The number of nitrogens with zero attached hydrogens (tertiary/aromatic N) is 1. The Kier molecular flexibility index (Phi) is 6.53. The number of hydrogen-bond acceptors (Lipinski definition) is 5. The molecule has 0 unspecified atom stereocenters. The first-order valence-corrected chi connectivity index (χ1v) is 12.0. The van der Waals surface area contributed by atoms with E-state index in [1.54, 1.807) is 25.3 Å². The number of rotatable bonds is 5. The number of ether oxygens (including phenoxy) is 2. The zero-order chi connectivity index (χ0) is 25.4. The van der Waals surface area contributed by atoms with Crippen molar-refractivity contribution in [1.29, 1.82) is 0 Å². The van der Waals surface area contributed by atoms with Crippen molar-refractivity contribution in [3.63, 3.8) is 0 Å². The van der Waals surface area contributed by atoms with Crippen LogP contribution in [0.25, 0.3) is 22.1 Å². The average molecular weight is 560 g/mol. The fourth-order valence-corrected chi connectivity index (χ4v) is 4.58. The molecule has 0 fully saturated rings. The molecule has 4 aromatic rings. The first kappa shape index (κ1) is 24.4. The molecule has 36 heavy (non-hydrogen) atoms. The molecule has 186 valence electrons. The molecular weight excluding hydrogens is 539 g/mol. The van der Waals surface area contributed by atoms with Gasteiger partial charge in [0.25, 0.3) is 0 Å². The van der Waals surface area contributed by atoms with Crippen LogP contribution in [0, 0.1) is 0 Å². The molecule has 3 aromatic carbocycles. The molecule has 0 saturated heterocycles. The average Bonchev–Trinajstić information content (AvgIpc) is 2.87. The van der Waals surface area contributed by atoms with Crippen LogP contribution in [0.5, 0.6) is 11.5 Å². The molecule has 1 aliphatic rings. The second kappa shape index (κ2) is 9.63. The van der Waals surface area contributed by atoms with Gasteiger partial charge < -0.3 is 13.9 Å². The molecule has 9 heteroatoms. The quantitative estimate of drug-likeness (QED) is 0.274. The molecule has 0 amide bonds. The van der Waals surface area contributed by atoms with Gasteiger partial charge in [-0.1, -0.05) is 40.2 Å². The maximum absolute atomic E-state index is 14.1. The molecule has 0 radical (unpaired) electrons. The summed E-state index contributed by atoms with van der Waals surface area (Å²) in [5.74, 6) is -0.139. The Morgan fingerprint density at radius 2 is 1.75 bits per heavy atom. The van der Waals surface area contributed by atoms with Crippen LogP contribution in [-0.4, -0.2) is 25.3 Å². The van der Waals surface area contributed by atoms with Crippen molar-refractivity contribution >= 4 is 26.9 Å². The van der Waals surface area contributed by atoms with E-state index in [4.69, 9.17) is 13.9 Å². The minimum atomic E-state index is -4.86. The van der Waals surface area contributed by atoms with Gasteiger partial charge in [-0.2, -0.15) is 13.2 Å². The second-order valence-corrected chi connectivity index (χ2v) is 9.40. The highest BCUT2D eigenvalue weighted by Crippen LogP contribution is 2.40. The maximum Gasteiger partial charge on any atom is 0.450 e. The predicted octanol–water partition coefficient (Wildman–Crippen LogP) is 6.64. The van der Waals surface area contributed by atoms with Crippen molar-refractivity contribution in [2.24, 2.45) is 0 Å². The van der Waals surface area contributed by atoms with Crippen molar-refractivity contribution in [2.75, 3.05) is 20.4 Å². The Hall–Kier alpha value is -3.30. The summed E-state index contributed by atoms with van der Waals surface area (Å²) in [6.07, 6.45) is -4.15. The molecule has 0 saturated carbocycles. The van der Waals surface area contributed by atoms with Crippen LogP contribution in [0.1, 0.15) is 16.9 Å². The summed E-state index contributed by atoms with van der Waals surface area (Å²) in [7, 11) is 1.60. The van der Waals surface area contributed by atoms with Gasteiger partial charge in [0.15, 0.2) is 0 Å². The SMILES string of the molecule is COc1ccc(CCN2COc3ccc4c(=O)c(-c5ccc(Br)cc5)c(C(F)(F)F)oc4c3C2)cc1. The molecule has 0 N–H and O–H groups in total. The number of methoxy groups -OCH3 is 1. The normalized spacial score (nSPS) is 13.9. The monoisotopic (exact) mass is 559 g/mol. The largest absolute Gasteiger partial charge is 0.497 e. The Morgan fingerprint density at radius 3 is 2.42 bits per heavy atom. The van der Waals surface area contributed by atoms with Gasteiger partial charge in [-0.05, 0) is 53.9 Å². The maximum atomic E-state index is 14.1. The summed E-state index contributed by atoms with van der Waals surface area (Å²) < 4.78 is 59.5. The van der Waals surface area contributed by atoms with Gasteiger partial charge in [0.2, 0.25) is 11.2 Å². The Labute approximate surface area is 213 Å². The minimum Gasteiger partial charge on any atom is -0.497 e. The second-order valence-electron chi connectivity index (χ2n) is 8.48. The number of hydrogen-bond donors (Lipinski definition) is 0. The molecule has 1 aliphatic heterocycles. The van der Waals surface area contributed by atoms with Gasteiger partial charge in [0, 0.05) is 17.6 Å². The van der Waals surface area contributed by atoms with Crippen molar-refractivity contribution in [3.8, 4) is 22.6 Å². The molecule has 0 atom stereocenters. The van der Waals surface area contributed by atoms with Gasteiger partial charge in [0.05, 0.1) is 23.6 Å². The lowest BCUT2D eigenvalue weighted by molar-refractivity contribution is -0.152. The lowest BCUT2D eigenvalue weighted by Crippen LogP contribution is -2.34. The van der Waals surface area contributed by atoms with Crippen molar-refractivity contribution in [2.45, 2.75) is 19.1 Å². The van der Waals surface area contributed by atoms with Crippen LogP contribution in [0.4, 0.5) is 13.2 Å². The van der Waals surface area contributed by atoms with Crippen LogP contribution >= 0.6 is 15.9 Å². The molecule has 5 rings (SSSR count). The molecule has 1 aromatic heterocycles. The van der Waals surface area contributed by atoms with Gasteiger partial charge in [0.1, 0.15) is 23.8 Å². The van der Waals surface area contributed by atoms with E-state index in [9.17, 15) is 18.0 Å². The third kappa shape index (κ3) is 4.73. The predicted molar refractivity (Wildman–Crippen MR) is 133 cm³/mol. The number of fused-ring (bicyclic) bond motifs is 3. The van der Waals surface area contributed by atoms with Crippen molar-refractivity contribution in [1.82, 2.24) is 4.90 Å². The summed E-state index contributed by atoms with van der Waals surface area (Å²) in [6.45, 7) is 1.18. The van der Waals surface area contributed by atoms with E-state index in [1.807, 2.05) is 29.2 Å². The van der Waals surface area contributed by atoms with Crippen LogP contribution < -0.4 is 14.9 Å². The van der Waals surface area contributed by atoms with Crippen LogP contribution in [0.15, 0.2) is 74.3 Å². The van der Waals surface area contributed by atoms with Crippen LogP contribution in [0.3, 0.4) is 0 Å². The van der Waals surface area contributed by atoms with Crippen molar-refractivity contribution in [3.05, 3.63) is 92.2 Å². The van der Waals surface area contributed by atoms with Crippen LogP contribution in [0.2, 0.25) is 0 Å². The Balaban J connectivity index is 1.53. The van der Waals surface area contributed by atoms with Crippen molar-refractivity contribution < 1.29 is 27.1 Å². The number of alkyl halides is 3.